The number of hydrogen-bond acceptors (Lipinski definition) is 4. The SMILES string of the molecule is CN(CC(=O)Nc1cccc(-n2cc[nH]c2=S)c1)S(=O)(=O)c1ccccc1. The van der Waals surface area contributed by atoms with E-state index in [1.165, 1.54) is 19.2 Å². The van der Waals surface area contributed by atoms with Crippen molar-refractivity contribution in [2.24, 2.45) is 0 Å². The van der Waals surface area contributed by atoms with Gasteiger partial charge in [0.2, 0.25) is 15.9 Å². The topological polar surface area (TPSA) is 87.2 Å². The van der Waals surface area contributed by atoms with E-state index >= 15 is 0 Å². The van der Waals surface area contributed by atoms with Gasteiger partial charge in [0.1, 0.15) is 0 Å². The number of rotatable bonds is 6. The molecule has 0 fully saturated rings. The zero-order valence-corrected chi connectivity index (χ0v) is 16.1. The van der Waals surface area contributed by atoms with Crippen LogP contribution in [-0.4, -0.2) is 41.8 Å². The Morgan fingerprint density at radius 2 is 1.93 bits per heavy atom. The third kappa shape index (κ3) is 4.33. The van der Waals surface area contributed by atoms with Crippen LogP contribution in [0.15, 0.2) is 71.9 Å². The number of carbonyl (C=O) groups excluding carboxylic acids is 1. The second-order valence-electron chi connectivity index (χ2n) is 5.81. The molecule has 0 aliphatic carbocycles. The van der Waals surface area contributed by atoms with E-state index in [-0.39, 0.29) is 11.4 Å². The molecule has 3 rings (SSSR count). The molecule has 3 aromatic rings. The van der Waals surface area contributed by atoms with Gasteiger partial charge >= 0.3 is 0 Å². The molecule has 2 N–H and O–H groups in total. The van der Waals surface area contributed by atoms with Gasteiger partial charge in [-0.05, 0) is 42.5 Å². The van der Waals surface area contributed by atoms with Crippen LogP contribution in [0.4, 0.5) is 5.69 Å². The van der Waals surface area contributed by atoms with E-state index in [1.807, 2.05) is 6.07 Å². The van der Waals surface area contributed by atoms with Crippen molar-refractivity contribution in [3.8, 4) is 5.69 Å². The third-order valence-corrected chi connectivity index (χ3v) is 6.01. The Morgan fingerprint density at radius 1 is 1.19 bits per heavy atom. The Labute approximate surface area is 162 Å². The largest absolute Gasteiger partial charge is 0.337 e. The van der Waals surface area contributed by atoms with Crippen LogP contribution in [0.5, 0.6) is 0 Å². The molecule has 0 bridgehead atoms. The number of imidazole rings is 1. The molecular weight excluding hydrogens is 384 g/mol. The van der Waals surface area contributed by atoms with E-state index in [4.69, 9.17) is 12.2 Å². The molecule has 1 amide bonds. The number of nitrogens with one attached hydrogen (secondary N) is 2. The highest BCUT2D eigenvalue weighted by Gasteiger charge is 2.22. The number of aromatic amines is 1. The van der Waals surface area contributed by atoms with Gasteiger partial charge in [-0.2, -0.15) is 4.31 Å². The Balaban J connectivity index is 1.71. The first-order chi connectivity index (χ1) is 12.9. The van der Waals surface area contributed by atoms with Crippen LogP contribution in [0, 0.1) is 4.77 Å². The quantitative estimate of drug-likeness (QED) is 0.621. The maximum Gasteiger partial charge on any atom is 0.243 e. The van der Waals surface area contributed by atoms with Crippen LogP contribution >= 0.6 is 12.2 Å². The first-order valence-electron chi connectivity index (χ1n) is 8.05. The van der Waals surface area contributed by atoms with Gasteiger partial charge in [-0.25, -0.2) is 8.42 Å². The Hall–Kier alpha value is -2.75. The van der Waals surface area contributed by atoms with Crippen LogP contribution in [-0.2, 0) is 14.8 Å². The molecule has 0 saturated carbocycles. The summed E-state index contributed by atoms with van der Waals surface area (Å²) >= 11 is 5.19. The predicted octanol–water partition coefficient (Wildman–Crippen LogP) is 2.79. The molecule has 1 aromatic heterocycles. The summed E-state index contributed by atoms with van der Waals surface area (Å²) in [4.78, 5) is 15.4. The lowest BCUT2D eigenvalue weighted by molar-refractivity contribution is -0.116. The lowest BCUT2D eigenvalue weighted by Crippen LogP contribution is -2.34. The van der Waals surface area contributed by atoms with Gasteiger partial charge in [0, 0.05) is 30.8 Å². The number of likely N-dealkylation sites (N-methyl/N-ethyl adjacent to an activating group) is 1. The molecule has 0 aliphatic heterocycles. The number of carbonyl (C=O) groups is 1. The minimum absolute atomic E-state index is 0.143. The molecule has 140 valence electrons. The van der Waals surface area contributed by atoms with E-state index in [0.29, 0.717) is 10.5 Å². The molecule has 0 radical (unpaired) electrons. The number of anilines is 1. The maximum atomic E-state index is 12.5. The van der Waals surface area contributed by atoms with Crippen molar-refractivity contribution >= 4 is 33.8 Å². The smallest absolute Gasteiger partial charge is 0.243 e. The second-order valence-corrected chi connectivity index (χ2v) is 8.24. The lowest BCUT2D eigenvalue weighted by atomic mass is 10.2. The molecule has 27 heavy (non-hydrogen) atoms. The molecule has 1 heterocycles. The first-order valence-corrected chi connectivity index (χ1v) is 9.90. The fourth-order valence-electron chi connectivity index (χ4n) is 2.52. The fourth-order valence-corrected chi connectivity index (χ4v) is 3.90. The molecule has 0 saturated heterocycles. The van der Waals surface area contributed by atoms with Gasteiger partial charge in [0.25, 0.3) is 0 Å². The van der Waals surface area contributed by atoms with Crippen LogP contribution < -0.4 is 5.32 Å². The summed E-state index contributed by atoms with van der Waals surface area (Å²) in [6, 6.07) is 15.1. The van der Waals surface area contributed by atoms with E-state index < -0.39 is 15.9 Å². The number of aromatic nitrogens is 2. The van der Waals surface area contributed by atoms with E-state index in [0.717, 1.165) is 9.99 Å². The van der Waals surface area contributed by atoms with Crippen molar-refractivity contribution in [2.75, 3.05) is 18.9 Å². The highest BCUT2D eigenvalue weighted by molar-refractivity contribution is 7.89. The van der Waals surface area contributed by atoms with Crippen molar-refractivity contribution in [3.63, 3.8) is 0 Å². The van der Waals surface area contributed by atoms with Gasteiger partial charge in [-0.1, -0.05) is 24.3 Å². The summed E-state index contributed by atoms with van der Waals surface area (Å²) < 4.78 is 28.3. The normalized spacial score (nSPS) is 11.5. The molecule has 2 aromatic carbocycles. The average Bonchev–Trinajstić information content (AvgIpc) is 3.08. The Bertz CT molecular complexity index is 1100. The maximum absolute atomic E-state index is 12.5. The van der Waals surface area contributed by atoms with E-state index in [9.17, 15) is 13.2 Å². The van der Waals surface area contributed by atoms with E-state index in [1.54, 1.807) is 53.4 Å². The summed E-state index contributed by atoms with van der Waals surface area (Å²) in [5.74, 6) is -0.438. The van der Waals surface area contributed by atoms with Crippen molar-refractivity contribution in [2.45, 2.75) is 4.90 Å². The molecule has 0 aliphatic rings. The molecule has 0 spiro atoms. The minimum atomic E-state index is -3.73. The predicted molar refractivity (Wildman–Crippen MR) is 106 cm³/mol. The van der Waals surface area contributed by atoms with Crippen LogP contribution in [0.25, 0.3) is 5.69 Å². The van der Waals surface area contributed by atoms with Crippen LogP contribution in [0.2, 0.25) is 0 Å². The average molecular weight is 403 g/mol. The number of benzene rings is 2. The highest BCUT2D eigenvalue weighted by Crippen LogP contribution is 2.16. The van der Waals surface area contributed by atoms with Crippen molar-refractivity contribution in [1.29, 1.82) is 0 Å². The summed E-state index contributed by atoms with van der Waals surface area (Å²) in [6.45, 7) is -0.301. The number of sulfonamides is 1. The van der Waals surface area contributed by atoms with Gasteiger partial charge in [-0.3, -0.25) is 9.36 Å². The third-order valence-electron chi connectivity index (χ3n) is 3.87. The molecule has 7 nitrogen and oxygen atoms in total. The van der Waals surface area contributed by atoms with E-state index in [2.05, 4.69) is 10.3 Å². The highest BCUT2D eigenvalue weighted by atomic mass is 32.2. The molecular formula is C18H18N4O3S2. The van der Waals surface area contributed by atoms with Crippen molar-refractivity contribution < 1.29 is 13.2 Å². The first kappa shape index (κ1) is 19.0. The summed E-state index contributed by atoms with van der Waals surface area (Å²) in [6.07, 6.45) is 3.50. The van der Waals surface area contributed by atoms with Gasteiger partial charge in [0.15, 0.2) is 4.77 Å². The number of H-pyrrole nitrogens is 1. The zero-order valence-electron chi connectivity index (χ0n) is 14.5. The van der Waals surface area contributed by atoms with Gasteiger partial charge in [-0.15, -0.1) is 0 Å². The fraction of sp³-hybridized carbons (Fsp3) is 0.111. The van der Waals surface area contributed by atoms with Crippen molar-refractivity contribution in [3.05, 3.63) is 71.8 Å². The van der Waals surface area contributed by atoms with Gasteiger partial charge in [0.05, 0.1) is 11.4 Å². The van der Waals surface area contributed by atoms with Crippen LogP contribution in [0.1, 0.15) is 0 Å². The molecule has 9 heteroatoms. The summed E-state index contributed by atoms with van der Waals surface area (Å²) in [7, 11) is -2.35. The van der Waals surface area contributed by atoms with Crippen molar-refractivity contribution in [1.82, 2.24) is 13.9 Å². The second kappa shape index (κ2) is 7.87. The number of hydrogen-bond donors (Lipinski definition) is 2. The van der Waals surface area contributed by atoms with Gasteiger partial charge < -0.3 is 10.3 Å². The number of nitrogens with zero attached hydrogens (tertiary/aromatic N) is 2. The summed E-state index contributed by atoms with van der Waals surface area (Å²) in [5.41, 5.74) is 1.33. The Kier molecular flexibility index (Phi) is 5.54. The zero-order chi connectivity index (χ0) is 19.4. The molecule has 0 unspecified atom stereocenters. The van der Waals surface area contributed by atoms with Crippen LogP contribution in [0.3, 0.4) is 0 Å². The monoisotopic (exact) mass is 402 g/mol. The standard InChI is InChI=1S/C18H18N4O3S2/c1-21(27(24,25)16-8-3-2-4-9-16)13-17(23)20-14-6-5-7-15(12-14)22-11-10-19-18(22)26/h2-12H,13H2,1H3,(H,19,26)(H,20,23). The Morgan fingerprint density at radius 3 is 2.59 bits per heavy atom. The minimum Gasteiger partial charge on any atom is -0.337 e. The number of amides is 1. The molecule has 0 atom stereocenters. The summed E-state index contributed by atoms with van der Waals surface area (Å²) in [5, 5.41) is 2.72. The lowest BCUT2D eigenvalue weighted by Gasteiger charge is -2.17.